The van der Waals surface area contributed by atoms with Crippen LogP contribution in [0.2, 0.25) is 5.02 Å². The van der Waals surface area contributed by atoms with Gasteiger partial charge in [-0.15, -0.1) is 11.8 Å². The topological polar surface area (TPSA) is 26.3 Å². The zero-order valence-electron chi connectivity index (χ0n) is 8.21. The summed E-state index contributed by atoms with van der Waals surface area (Å²) >= 11 is 7.00. The number of ether oxygens (including phenoxy) is 1. The van der Waals surface area contributed by atoms with Crippen LogP contribution in [-0.4, -0.2) is 18.3 Å². The number of halogens is 2. The minimum Gasteiger partial charge on any atom is -0.468 e. The molecule has 0 saturated heterocycles. The van der Waals surface area contributed by atoms with E-state index in [0.717, 1.165) is 6.07 Å². The summed E-state index contributed by atoms with van der Waals surface area (Å²) in [6.07, 6.45) is 0. The Morgan fingerprint density at radius 1 is 1.73 bits per heavy atom. The van der Waals surface area contributed by atoms with Gasteiger partial charge in [0.15, 0.2) is 0 Å². The molecule has 2 nitrogen and oxygen atoms in total. The number of methoxy groups -OCH3 is 1. The molecule has 0 saturated carbocycles. The standard InChI is InChI=1S/C10H9ClFO2S/c1-6(10(13)14-2)15-9-4-3-7(12)5-8(9)11/h4-6H,1-2H3. The molecule has 0 bridgehead atoms. The van der Waals surface area contributed by atoms with Crippen molar-refractivity contribution in [3.63, 3.8) is 0 Å². The van der Waals surface area contributed by atoms with Gasteiger partial charge in [-0.1, -0.05) is 11.6 Å². The predicted octanol–water partition coefficient (Wildman–Crippen LogP) is 2.93. The summed E-state index contributed by atoms with van der Waals surface area (Å²) in [5.41, 5.74) is 0. The third kappa shape index (κ3) is 3.39. The van der Waals surface area contributed by atoms with Crippen molar-refractivity contribution in [2.75, 3.05) is 7.11 Å². The van der Waals surface area contributed by atoms with E-state index in [1.807, 2.05) is 0 Å². The van der Waals surface area contributed by atoms with Gasteiger partial charge in [0, 0.05) is 11.0 Å². The average Bonchev–Trinajstić information content (AvgIpc) is 2.20. The molecule has 0 heterocycles. The van der Waals surface area contributed by atoms with Gasteiger partial charge >= 0.3 is 5.97 Å². The maximum atomic E-state index is 12.7. The van der Waals surface area contributed by atoms with E-state index in [1.54, 1.807) is 6.92 Å². The van der Waals surface area contributed by atoms with E-state index in [0.29, 0.717) is 4.90 Å². The monoisotopic (exact) mass is 247 g/mol. The Morgan fingerprint density at radius 3 is 2.93 bits per heavy atom. The molecule has 1 radical (unpaired) electrons. The molecule has 0 amide bonds. The van der Waals surface area contributed by atoms with E-state index in [1.165, 1.54) is 24.9 Å². The molecular formula is C10H9ClFO2S. The minimum atomic E-state index is -0.518. The van der Waals surface area contributed by atoms with Crippen LogP contribution in [0.3, 0.4) is 0 Å². The van der Waals surface area contributed by atoms with E-state index in [9.17, 15) is 9.18 Å². The Bertz CT molecular complexity index is 370. The van der Waals surface area contributed by atoms with Crippen LogP contribution in [0.15, 0.2) is 17.0 Å². The quantitative estimate of drug-likeness (QED) is 0.607. The number of hydrogen-bond donors (Lipinski definition) is 0. The van der Waals surface area contributed by atoms with Gasteiger partial charge in [0.25, 0.3) is 0 Å². The lowest BCUT2D eigenvalue weighted by Gasteiger charge is -2.09. The second kappa shape index (κ2) is 5.37. The number of thioether (sulfide) groups is 1. The SMILES string of the molecule is COC(=O)C(C)Sc1c[c]c(F)cc1Cl. The molecule has 1 aromatic carbocycles. The summed E-state index contributed by atoms with van der Waals surface area (Å²) in [5, 5.41) is -0.113. The summed E-state index contributed by atoms with van der Waals surface area (Å²) in [5.74, 6) is -0.865. The highest BCUT2D eigenvalue weighted by Crippen LogP contribution is 2.30. The van der Waals surface area contributed by atoms with Gasteiger partial charge < -0.3 is 4.74 Å². The highest BCUT2D eigenvalue weighted by Gasteiger charge is 2.16. The van der Waals surface area contributed by atoms with Gasteiger partial charge in [0.1, 0.15) is 11.1 Å². The second-order valence-electron chi connectivity index (χ2n) is 2.78. The third-order valence-corrected chi connectivity index (χ3v) is 3.23. The van der Waals surface area contributed by atoms with Crippen molar-refractivity contribution >= 4 is 29.3 Å². The maximum Gasteiger partial charge on any atom is 0.318 e. The normalized spacial score (nSPS) is 12.3. The van der Waals surface area contributed by atoms with Crippen LogP contribution < -0.4 is 0 Å². The lowest BCUT2D eigenvalue weighted by Crippen LogP contribution is -2.14. The fraction of sp³-hybridized carbons (Fsp3) is 0.300. The number of carbonyl (C=O) groups is 1. The maximum absolute atomic E-state index is 12.7. The van der Waals surface area contributed by atoms with Gasteiger partial charge in [-0.3, -0.25) is 4.79 Å². The first-order chi connectivity index (χ1) is 7.04. The molecule has 81 valence electrons. The number of hydrogen-bond acceptors (Lipinski definition) is 3. The molecular weight excluding hydrogens is 239 g/mol. The highest BCUT2D eigenvalue weighted by molar-refractivity contribution is 8.00. The number of benzene rings is 1. The molecule has 0 fully saturated rings. The average molecular weight is 248 g/mol. The van der Waals surface area contributed by atoms with Crippen LogP contribution >= 0.6 is 23.4 Å². The fourth-order valence-electron chi connectivity index (χ4n) is 0.922. The molecule has 1 rings (SSSR count). The summed E-state index contributed by atoms with van der Waals surface area (Å²) in [4.78, 5) is 11.7. The van der Waals surface area contributed by atoms with Gasteiger partial charge in [-0.05, 0) is 19.1 Å². The number of carbonyl (C=O) groups excluding carboxylic acids is 1. The van der Waals surface area contributed by atoms with E-state index < -0.39 is 5.82 Å². The van der Waals surface area contributed by atoms with Crippen LogP contribution in [0.5, 0.6) is 0 Å². The Morgan fingerprint density at radius 2 is 2.40 bits per heavy atom. The Kier molecular flexibility index (Phi) is 4.42. The first kappa shape index (κ1) is 12.3. The minimum absolute atomic E-state index is 0.270. The molecule has 1 aromatic rings. The number of rotatable bonds is 3. The molecule has 0 spiro atoms. The van der Waals surface area contributed by atoms with E-state index in [4.69, 9.17) is 11.6 Å². The lowest BCUT2D eigenvalue weighted by molar-refractivity contribution is -0.139. The van der Waals surface area contributed by atoms with Gasteiger partial charge in [-0.25, -0.2) is 4.39 Å². The van der Waals surface area contributed by atoms with Crippen LogP contribution in [0, 0.1) is 11.9 Å². The molecule has 5 heteroatoms. The largest absolute Gasteiger partial charge is 0.468 e. The number of esters is 1. The van der Waals surface area contributed by atoms with E-state index in [-0.39, 0.29) is 16.2 Å². The summed E-state index contributed by atoms with van der Waals surface area (Å²) < 4.78 is 17.2. The second-order valence-corrected chi connectivity index (χ2v) is 4.57. The van der Waals surface area contributed by atoms with Crippen molar-refractivity contribution in [3.8, 4) is 0 Å². The van der Waals surface area contributed by atoms with Crippen molar-refractivity contribution in [2.45, 2.75) is 17.1 Å². The summed E-state index contributed by atoms with van der Waals surface area (Å²) in [7, 11) is 1.32. The van der Waals surface area contributed by atoms with Gasteiger partial charge in [0.2, 0.25) is 0 Å². The zero-order chi connectivity index (χ0) is 11.4. The molecule has 0 aliphatic heterocycles. The van der Waals surface area contributed by atoms with Gasteiger partial charge in [-0.2, -0.15) is 0 Å². The Balaban J connectivity index is 2.76. The molecule has 0 aliphatic carbocycles. The zero-order valence-corrected chi connectivity index (χ0v) is 9.79. The summed E-state index contributed by atoms with van der Waals surface area (Å²) in [6, 6.07) is 4.96. The van der Waals surface area contributed by atoms with Crippen LogP contribution in [0.1, 0.15) is 6.92 Å². The predicted molar refractivity (Wildman–Crippen MR) is 57.6 cm³/mol. The van der Waals surface area contributed by atoms with Crippen molar-refractivity contribution in [3.05, 3.63) is 29.0 Å². The van der Waals surface area contributed by atoms with E-state index >= 15 is 0 Å². The third-order valence-electron chi connectivity index (χ3n) is 1.67. The smallest absolute Gasteiger partial charge is 0.318 e. The molecule has 0 N–H and O–H groups in total. The summed E-state index contributed by atoms with van der Waals surface area (Å²) in [6.45, 7) is 1.69. The lowest BCUT2D eigenvalue weighted by atomic mass is 10.3. The van der Waals surface area contributed by atoms with Crippen molar-refractivity contribution in [2.24, 2.45) is 0 Å². The molecule has 15 heavy (non-hydrogen) atoms. The molecule has 0 aromatic heterocycles. The van der Waals surface area contributed by atoms with Crippen LogP contribution in [-0.2, 0) is 9.53 Å². The van der Waals surface area contributed by atoms with E-state index in [2.05, 4.69) is 10.8 Å². The molecule has 1 atom stereocenters. The van der Waals surface area contributed by atoms with Crippen molar-refractivity contribution < 1.29 is 13.9 Å². The van der Waals surface area contributed by atoms with Crippen LogP contribution in [0.25, 0.3) is 0 Å². The first-order valence-electron chi connectivity index (χ1n) is 4.16. The van der Waals surface area contributed by atoms with Crippen molar-refractivity contribution in [1.82, 2.24) is 0 Å². The fourth-order valence-corrected chi connectivity index (χ4v) is 2.08. The highest BCUT2D eigenvalue weighted by atomic mass is 35.5. The molecule has 0 aliphatic rings. The molecule has 1 unspecified atom stereocenters. The Hall–Kier alpha value is -0.740. The first-order valence-corrected chi connectivity index (χ1v) is 5.41. The van der Waals surface area contributed by atoms with Gasteiger partial charge in [0.05, 0.1) is 12.1 Å². The van der Waals surface area contributed by atoms with Crippen molar-refractivity contribution in [1.29, 1.82) is 0 Å². The Labute approximate surface area is 96.8 Å². The van der Waals surface area contributed by atoms with Crippen LogP contribution in [0.4, 0.5) is 4.39 Å².